The highest BCUT2D eigenvalue weighted by Crippen LogP contribution is 2.40. The maximum Gasteiger partial charge on any atom is 0.411 e. The molecule has 1 N–H and O–H groups in total. The first kappa shape index (κ1) is 26.6. The maximum atomic E-state index is 13.3. The van der Waals surface area contributed by atoms with Crippen molar-refractivity contribution in [3.05, 3.63) is 84.1 Å². The SMILES string of the molecule is COc1ccc(-c2ccc([C@H](C)N3CC[C@](CCCNS(C)(=O)=O)(c4ccccc4)OC3=O)cc2)cn1. The summed E-state index contributed by atoms with van der Waals surface area (Å²) < 4.78 is 36.7. The van der Waals surface area contributed by atoms with Gasteiger partial charge in [-0.3, -0.25) is 0 Å². The van der Waals surface area contributed by atoms with E-state index in [2.05, 4.69) is 9.71 Å². The van der Waals surface area contributed by atoms with Crippen LogP contribution in [0.15, 0.2) is 72.9 Å². The predicted octanol–water partition coefficient (Wildman–Crippen LogP) is 4.89. The summed E-state index contributed by atoms with van der Waals surface area (Å²) in [6.45, 7) is 2.82. The number of aromatic nitrogens is 1. The average molecular weight is 524 g/mol. The molecule has 2 aromatic carbocycles. The van der Waals surface area contributed by atoms with E-state index < -0.39 is 15.6 Å². The number of amides is 1. The molecule has 37 heavy (non-hydrogen) atoms. The number of nitrogens with zero attached hydrogens (tertiary/aromatic N) is 2. The monoisotopic (exact) mass is 523 g/mol. The molecule has 0 saturated carbocycles. The molecular weight excluding hydrogens is 490 g/mol. The van der Waals surface area contributed by atoms with Crippen LogP contribution in [0.3, 0.4) is 0 Å². The van der Waals surface area contributed by atoms with E-state index in [0.29, 0.717) is 38.2 Å². The van der Waals surface area contributed by atoms with Crippen molar-refractivity contribution in [1.82, 2.24) is 14.6 Å². The van der Waals surface area contributed by atoms with Gasteiger partial charge in [-0.15, -0.1) is 0 Å². The fourth-order valence-electron chi connectivity index (χ4n) is 4.72. The van der Waals surface area contributed by atoms with Gasteiger partial charge in [0.25, 0.3) is 0 Å². The van der Waals surface area contributed by atoms with Crippen LogP contribution in [-0.2, 0) is 20.4 Å². The van der Waals surface area contributed by atoms with Crippen LogP contribution < -0.4 is 9.46 Å². The Bertz CT molecular complexity index is 1300. The lowest BCUT2D eigenvalue weighted by Crippen LogP contribution is -2.49. The highest BCUT2D eigenvalue weighted by atomic mass is 32.2. The molecular formula is C28H33N3O5S. The van der Waals surface area contributed by atoms with Crippen LogP contribution in [0.2, 0.25) is 0 Å². The maximum absolute atomic E-state index is 13.3. The zero-order chi connectivity index (χ0) is 26.5. The Kier molecular flexibility index (Phi) is 8.14. The molecule has 8 nitrogen and oxygen atoms in total. The van der Waals surface area contributed by atoms with Crippen LogP contribution in [0.1, 0.15) is 43.4 Å². The molecule has 1 aliphatic rings. The Morgan fingerprint density at radius 2 is 1.78 bits per heavy atom. The molecule has 196 valence electrons. The first-order chi connectivity index (χ1) is 17.7. The van der Waals surface area contributed by atoms with Gasteiger partial charge in [0.2, 0.25) is 15.9 Å². The van der Waals surface area contributed by atoms with Crippen molar-refractivity contribution in [3.63, 3.8) is 0 Å². The Hall–Kier alpha value is -3.43. The lowest BCUT2D eigenvalue weighted by molar-refractivity contribution is -0.0662. The van der Waals surface area contributed by atoms with Gasteiger partial charge in [0.1, 0.15) is 5.60 Å². The lowest BCUT2D eigenvalue weighted by Gasteiger charge is -2.43. The fourth-order valence-corrected chi connectivity index (χ4v) is 5.24. The van der Waals surface area contributed by atoms with Gasteiger partial charge in [0.15, 0.2) is 0 Å². The van der Waals surface area contributed by atoms with E-state index in [9.17, 15) is 13.2 Å². The molecule has 0 radical (unpaired) electrons. The summed E-state index contributed by atoms with van der Waals surface area (Å²) >= 11 is 0. The first-order valence-corrected chi connectivity index (χ1v) is 14.2. The second-order valence-corrected chi connectivity index (χ2v) is 11.2. The van der Waals surface area contributed by atoms with Crippen LogP contribution in [-0.4, -0.2) is 50.9 Å². The van der Waals surface area contributed by atoms with Crippen molar-refractivity contribution < 1.29 is 22.7 Å². The van der Waals surface area contributed by atoms with Crippen LogP contribution in [0.5, 0.6) is 5.88 Å². The second kappa shape index (κ2) is 11.3. The second-order valence-electron chi connectivity index (χ2n) is 9.33. The number of carbonyl (C=O) groups is 1. The van der Waals surface area contributed by atoms with Crippen LogP contribution in [0.4, 0.5) is 4.79 Å². The Morgan fingerprint density at radius 1 is 1.08 bits per heavy atom. The smallest absolute Gasteiger partial charge is 0.411 e. The zero-order valence-corrected chi connectivity index (χ0v) is 22.2. The largest absolute Gasteiger partial charge is 0.481 e. The van der Waals surface area contributed by atoms with Gasteiger partial charge < -0.3 is 14.4 Å². The topological polar surface area (TPSA) is 97.8 Å². The van der Waals surface area contributed by atoms with Crippen LogP contribution >= 0.6 is 0 Å². The molecule has 1 amide bonds. The minimum Gasteiger partial charge on any atom is -0.481 e. The van der Waals surface area contributed by atoms with Crippen molar-refractivity contribution in [2.75, 3.05) is 26.5 Å². The third-order valence-electron chi connectivity index (χ3n) is 6.83. The summed E-state index contributed by atoms with van der Waals surface area (Å²) in [5.74, 6) is 0.566. The van der Waals surface area contributed by atoms with Crippen molar-refractivity contribution in [1.29, 1.82) is 0 Å². The van der Waals surface area contributed by atoms with Crippen LogP contribution in [0.25, 0.3) is 11.1 Å². The molecule has 1 aromatic heterocycles. The Labute approximate surface area is 218 Å². The normalized spacial score (nSPS) is 18.8. The van der Waals surface area contributed by atoms with E-state index >= 15 is 0 Å². The van der Waals surface area contributed by atoms with Gasteiger partial charge in [0, 0.05) is 37.3 Å². The average Bonchev–Trinajstić information content (AvgIpc) is 2.91. The van der Waals surface area contributed by atoms with E-state index in [0.717, 1.165) is 28.5 Å². The van der Waals surface area contributed by atoms with E-state index in [1.54, 1.807) is 18.2 Å². The minimum atomic E-state index is -3.27. The Balaban J connectivity index is 1.46. The summed E-state index contributed by atoms with van der Waals surface area (Å²) in [7, 11) is -1.68. The number of hydrogen-bond donors (Lipinski definition) is 1. The third kappa shape index (κ3) is 6.47. The number of ether oxygens (including phenoxy) is 2. The standard InChI is InChI=1S/C28H33N3O5S/c1-21(22-10-12-23(13-11-22)24-14-15-26(35-2)29-20-24)31-19-17-28(36-27(31)32,25-8-5-4-6-9-25)16-7-18-30-37(3,33)34/h4-6,8-15,20-21,30H,7,16-19H2,1-3H3/t21-,28+/m0/s1. The quantitative estimate of drug-likeness (QED) is 0.380. The van der Waals surface area contributed by atoms with Crippen molar-refractivity contribution >= 4 is 16.1 Å². The van der Waals surface area contributed by atoms with Gasteiger partial charge in [-0.1, -0.05) is 54.6 Å². The van der Waals surface area contributed by atoms with Gasteiger partial charge in [0.05, 0.1) is 19.4 Å². The zero-order valence-electron chi connectivity index (χ0n) is 21.4. The Morgan fingerprint density at radius 3 is 2.38 bits per heavy atom. The van der Waals surface area contributed by atoms with Gasteiger partial charge in [-0.2, -0.15) is 0 Å². The van der Waals surface area contributed by atoms with Gasteiger partial charge >= 0.3 is 6.09 Å². The molecule has 3 aromatic rings. The van der Waals surface area contributed by atoms with Gasteiger partial charge in [-0.25, -0.2) is 22.9 Å². The van der Waals surface area contributed by atoms with Crippen molar-refractivity contribution in [2.24, 2.45) is 0 Å². The molecule has 0 bridgehead atoms. The van der Waals surface area contributed by atoms with E-state index in [-0.39, 0.29) is 12.1 Å². The number of benzene rings is 2. The molecule has 4 rings (SSSR count). The molecule has 1 saturated heterocycles. The van der Waals surface area contributed by atoms with Crippen molar-refractivity contribution in [2.45, 2.75) is 37.8 Å². The molecule has 2 atom stereocenters. The summed E-state index contributed by atoms with van der Waals surface area (Å²) in [6, 6.07) is 21.4. The summed E-state index contributed by atoms with van der Waals surface area (Å²) in [6.07, 6.45) is 4.22. The van der Waals surface area contributed by atoms with Gasteiger partial charge in [-0.05, 0) is 42.5 Å². The number of carbonyl (C=O) groups excluding carboxylic acids is 1. The lowest BCUT2D eigenvalue weighted by atomic mass is 9.84. The molecule has 1 fully saturated rings. The third-order valence-corrected chi connectivity index (χ3v) is 7.56. The summed E-state index contributed by atoms with van der Waals surface area (Å²) in [4.78, 5) is 19.3. The van der Waals surface area contributed by atoms with E-state index in [4.69, 9.17) is 9.47 Å². The molecule has 0 aliphatic carbocycles. The summed E-state index contributed by atoms with van der Waals surface area (Å²) in [5.41, 5.74) is 3.15. The van der Waals surface area contributed by atoms with E-state index in [1.807, 2.05) is 73.7 Å². The highest BCUT2D eigenvalue weighted by molar-refractivity contribution is 7.88. The molecule has 9 heteroatoms. The number of rotatable bonds is 10. The fraction of sp³-hybridized carbons (Fsp3) is 0.357. The number of cyclic esters (lactones) is 1. The number of nitrogens with one attached hydrogen (secondary N) is 1. The summed E-state index contributed by atoms with van der Waals surface area (Å²) in [5, 5.41) is 0. The number of sulfonamides is 1. The molecule has 2 heterocycles. The van der Waals surface area contributed by atoms with Crippen LogP contribution in [0, 0.1) is 0 Å². The molecule has 0 unspecified atom stereocenters. The first-order valence-electron chi connectivity index (χ1n) is 12.3. The minimum absolute atomic E-state index is 0.170. The number of hydrogen-bond acceptors (Lipinski definition) is 6. The highest BCUT2D eigenvalue weighted by Gasteiger charge is 2.43. The number of pyridine rings is 1. The van der Waals surface area contributed by atoms with Crippen molar-refractivity contribution in [3.8, 4) is 17.0 Å². The number of methoxy groups -OCH3 is 1. The van der Waals surface area contributed by atoms with E-state index in [1.165, 1.54) is 0 Å². The predicted molar refractivity (Wildman–Crippen MR) is 143 cm³/mol. The molecule has 1 aliphatic heterocycles. The molecule has 0 spiro atoms.